The fraction of sp³-hybridized carbons (Fsp3) is 0.462. The second-order valence-corrected chi connectivity index (χ2v) is 4.36. The van der Waals surface area contributed by atoms with Gasteiger partial charge in [-0.3, -0.25) is 4.79 Å². The molecule has 0 unspecified atom stereocenters. The Bertz CT molecular complexity index is 474. The van der Waals surface area contributed by atoms with Crippen LogP contribution in [0.15, 0.2) is 18.2 Å². The molecule has 1 aromatic carbocycles. The average Bonchev–Trinajstić information content (AvgIpc) is 2.35. The van der Waals surface area contributed by atoms with Gasteiger partial charge in [0.25, 0.3) is 5.91 Å². The molecular formula is C13H16F4N2O. The molecule has 0 saturated heterocycles. The van der Waals surface area contributed by atoms with Gasteiger partial charge in [-0.2, -0.15) is 13.2 Å². The highest BCUT2D eigenvalue weighted by Gasteiger charge is 2.31. The topological polar surface area (TPSA) is 41.1 Å². The molecular weight excluding hydrogens is 276 g/mol. The summed E-state index contributed by atoms with van der Waals surface area (Å²) in [7, 11) is 0. The summed E-state index contributed by atoms with van der Waals surface area (Å²) in [6, 6.07) is 1.71. The number of benzene rings is 1. The summed E-state index contributed by atoms with van der Waals surface area (Å²) in [5, 5.41) is 5.41. The minimum Gasteiger partial charge on any atom is -0.350 e. The van der Waals surface area contributed by atoms with E-state index in [1.54, 1.807) is 6.92 Å². The highest BCUT2D eigenvalue weighted by atomic mass is 19.4. The lowest BCUT2D eigenvalue weighted by Gasteiger charge is -2.14. The average molecular weight is 292 g/mol. The van der Waals surface area contributed by atoms with E-state index in [2.05, 4.69) is 10.6 Å². The van der Waals surface area contributed by atoms with Gasteiger partial charge in [0.1, 0.15) is 5.82 Å². The van der Waals surface area contributed by atoms with Crippen molar-refractivity contribution < 1.29 is 22.4 Å². The number of alkyl halides is 3. The highest BCUT2D eigenvalue weighted by molar-refractivity contribution is 5.94. The molecule has 0 aliphatic carbocycles. The lowest BCUT2D eigenvalue weighted by atomic mass is 10.1. The van der Waals surface area contributed by atoms with Crippen molar-refractivity contribution in [3.63, 3.8) is 0 Å². The lowest BCUT2D eigenvalue weighted by molar-refractivity contribution is -0.137. The van der Waals surface area contributed by atoms with Gasteiger partial charge in [-0.05, 0) is 31.7 Å². The Hall–Kier alpha value is -1.63. The Balaban J connectivity index is 2.82. The van der Waals surface area contributed by atoms with Crippen LogP contribution in [0.3, 0.4) is 0 Å². The molecule has 0 fully saturated rings. The Labute approximate surface area is 114 Å². The molecule has 0 saturated carbocycles. The molecule has 2 N–H and O–H groups in total. The summed E-state index contributed by atoms with van der Waals surface area (Å²) in [6.45, 7) is 4.56. The van der Waals surface area contributed by atoms with E-state index in [0.717, 1.165) is 0 Å². The predicted octanol–water partition coefficient (Wildman–Crippen LogP) is 2.57. The van der Waals surface area contributed by atoms with Crippen LogP contribution in [-0.2, 0) is 6.18 Å². The maximum Gasteiger partial charge on any atom is 0.416 e. The maximum absolute atomic E-state index is 13.4. The van der Waals surface area contributed by atoms with Crippen molar-refractivity contribution >= 4 is 5.91 Å². The van der Waals surface area contributed by atoms with Crippen molar-refractivity contribution in [3.05, 3.63) is 35.1 Å². The van der Waals surface area contributed by atoms with Crippen molar-refractivity contribution in [1.29, 1.82) is 0 Å². The van der Waals surface area contributed by atoms with Crippen LogP contribution in [0, 0.1) is 5.82 Å². The van der Waals surface area contributed by atoms with E-state index in [0.29, 0.717) is 24.7 Å². The standard InChI is InChI=1S/C13H16F4N2O/c1-3-18-8(2)7-19-12(20)10-6-9(13(15,16)17)4-5-11(10)14/h4-6,8,18H,3,7H2,1-2H3,(H,19,20)/t8-/m1/s1. The van der Waals surface area contributed by atoms with E-state index in [-0.39, 0.29) is 12.6 Å². The fourth-order valence-electron chi connectivity index (χ4n) is 1.64. The molecule has 7 heteroatoms. The molecule has 0 radical (unpaired) electrons. The molecule has 0 aliphatic rings. The zero-order chi connectivity index (χ0) is 15.3. The van der Waals surface area contributed by atoms with Crippen molar-refractivity contribution in [2.75, 3.05) is 13.1 Å². The van der Waals surface area contributed by atoms with Gasteiger partial charge in [-0.1, -0.05) is 6.92 Å². The third-order valence-corrected chi connectivity index (χ3v) is 2.66. The molecule has 0 bridgehead atoms. The summed E-state index contributed by atoms with van der Waals surface area (Å²) in [5.41, 5.74) is -1.66. The second-order valence-electron chi connectivity index (χ2n) is 4.36. The van der Waals surface area contributed by atoms with Crippen LogP contribution in [0.2, 0.25) is 0 Å². The normalized spacial score (nSPS) is 13.1. The van der Waals surface area contributed by atoms with Crippen molar-refractivity contribution in [2.45, 2.75) is 26.1 Å². The molecule has 0 spiro atoms. The third kappa shape index (κ3) is 4.48. The van der Waals surface area contributed by atoms with E-state index in [1.807, 2.05) is 6.92 Å². The molecule has 0 heterocycles. The predicted molar refractivity (Wildman–Crippen MR) is 66.9 cm³/mol. The minimum absolute atomic E-state index is 0.0576. The molecule has 1 rings (SSSR count). The summed E-state index contributed by atoms with van der Waals surface area (Å²) in [6.07, 6.45) is -4.61. The van der Waals surface area contributed by atoms with Crippen LogP contribution in [-0.4, -0.2) is 25.0 Å². The number of amides is 1. The summed E-state index contributed by atoms with van der Waals surface area (Å²) in [4.78, 5) is 11.7. The number of hydrogen-bond donors (Lipinski definition) is 2. The van der Waals surface area contributed by atoms with Crippen LogP contribution >= 0.6 is 0 Å². The van der Waals surface area contributed by atoms with Gasteiger partial charge in [0, 0.05) is 12.6 Å². The zero-order valence-electron chi connectivity index (χ0n) is 11.1. The summed E-state index contributed by atoms with van der Waals surface area (Å²) < 4.78 is 51.0. The number of halogens is 4. The van der Waals surface area contributed by atoms with Crippen LogP contribution in [0.25, 0.3) is 0 Å². The van der Waals surface area contributed by atoms with Gasteiger partial charge in [0.2, 0.25) is 0 Å². The Morgan fingerprint density at radius 2 is 2.00 bits per heavy atom. The Kier molecular flexibility index (Phi) is 5.50. The third-order valence-electron chi connectivity index (χ3n) is 2.66. The molecule has 0 aromatic heterocycles. The molecule has 1 atom stereocenters. The fourth-order valence-corrected chi connectivity index (χ4v) is 1.64. The first kappa shape index (κ1) is 16.4. The summed E-state index contributed by atoms with van der Waals surface area (Å²) >= 11 is 0. The number of carbonyl (C=O) groups excluding carboxylic acids is 1. The van der Waals surface area contributed by atoms with Crippen molar-refractivity contribution in [1.82, 2.24) is 10.6 Å². The highest BCUT2D eigenvalue weighted by Crippen LogP contribution is 2.30. The zero-order valence-corrected chi connectivity index (χ0v) is 11.1. The van der Waals surface area contributed by atoms with Crippen LogP contribution in [0.4, 0.5) is 17.6 Å². The van der Waals surface area contributed by atoms with E-state index >= 15 is 0 Å². The first-order valence-corrected chi connectivity index (χ1v) is 6.14. The molecule has 1 amide bonds. The van der Waals surface area contributed by atoms with Crippen LogP contribution in [0.5, 0.6) is 0 Å². The number of nitrogens with one attached hydrogen (secondary N) is 2. The van der Waals surface area contributed by atoms with Gasteiger partial charge in [0.05, 0.1) is 11.1 Å². The number of hydrogen-bond acceptors (Lipinski definition) is 2. The maximum atomic E-state index is 13.4. The molecule has 1 aromatic rings. The lowest BCUT2D eigenvalue weighted by Crippen LogP contribution is -2.39. The van der Waals surface area contributed by atoms with Crippen LogP contribution in [0.1, 0.15) is 29.8 Å². The van der Waals surface area contributed by atoms with E-state index in [9.17, 15) is 22.4 Å². The van der Waals surface area contributed by atoms with Crippen molar-refractivity contribution in [2.24, 2.45) is 0 Å². The Morgan fingerprint density at radius 1 is 1.35 bits per heavy atom. The SMILES string of the molecule is CCN[C@H](C)CNC(=O)c1cc(C(F)(F)F)ccc1F. The quantitative estimate of drug-likeness (QED) is 0.819. The second kappa shape index (κ2) is 6.69. The first-order chi connectivity index (χ1) is 9.25. The Morgan fingerprint density at radius 3 is 2.55 bits per heavy atom. The molecule has 112 valence electrons. The van der Waals surface area contributed by atoms with Gasteiger partial charge in [-0.25, -0.2) is 4.39 Å². The van der Waals surface area contributed by atoms with Gasteiger partial charge in [0.15, 0.2) is 0 Å². The minimum atomic E-state index is -4.61. The molecule has 3 nitrogen and oxygen atoms in total. The summed E-state index contributed by atoms with van der Waals surface area (Å²) in [5.74, 6) is -1.84. The largest absolute Gasteiger partial charge is 0.416 e. The first-order valence-electron chi connectivity index (χ1n) is 6.14. The monoisotopic (exact) mass is 292 g/mol. The van der Waals surface area contributed by atoms with Gasteiger partial charge >= 0.3 is 6.18 Å². The molecule has 20 heavy (non-hydrogen) atoms. The van der Waals surface area contributed by atoms with Gasteiger partial charge < -0.3 is 10.6 Å². The number of likely N-dealkylation sites (N-methyl/N-ethyl adjacent to an activating group) is 1. The number of rotatable bonds is 5. The van der Waals surface area contributed by atoms with Crippen LogP contribution < -0.4 is 10.6 Å². The van der Waals surface area contributed by atoms with E-state index in [1.165, 1.54) is 0 Å². The van der Waals surface area contributed by atoms with E-state index < -0.39 is 29.0 Å². The smallest absolute Gasteiger partial charge is 0.350 e. The van der Waals surface area contributed by atoms with E-state index in [4.69, 9.17) is 0 Å². The van der Waals surface area contributed by atoms with Gasteiger partial charge in [-0.15, -0.1) is 0 Å². The molecule has 0 aliphatic heterocycles. The number of carbonyl (C=O) groups is 1. The van der Waals surface area contributed by atoms with Crippen molar-refractivity contribution in [3.8, 4) is 0 Å².